The zero-order valence-electron chi connectivity index (χ0n) is 16.6. The molecular weight excluding hydrogens is 381 g/mol. The third-order valence-electron chi connectivity index (χ3n) is 5.42. The molecule has 3 aromatic rings. The Bertz CT molecular complexity index is 1040. The fourth-order valence-electron chi connectivity index (χ4n) is 3.89. The van der Waals surface area contributed by atoms with Crippen LogP contribution in [0.3, 0.4) is 0 Å². The molecule has 0 saturated carbocycles. The molecule has 0 fully saturated rings. The predicted octanol–water partition coefficient (Wildman–Crippen LogP) is 4.32. The second-order valence-electron chi connectivity index (χ2n) is 7.47. The van der Waals surface area contributed by atoms with Crippen molar-refractivity contribution in [2.24, 2.45) is 5.73 Å². The molecule has 4 rings (SSSR count). The molecule has 0 aliphatic heterocycles. The topological polar surface area (TPSA) is 77.2 Å². The average molecular weight is 405 g/mol. The van der Waals surface area contributed by atoms with Crippen molar-refractivity contribution < 1.29 is 13.9 Å². The molecule has 1 unspecified atom stereocenters. The molecule has 1 heterocycles. The van der Waals surface area contributed by atoms with Gasteiger partial charge in [-0.15, -0.1) is 0 Å². The van der Waals surface area contributed by atoms with Crippen LogP contribution >= 0.6 is 0 Å². The fraction of sp³-hybridized carbons (Fsp3) is 0.250. The molecule has 0 saturated heterocycles. The van der Waals surface area contributed by atoms with Gasteiger partial charge in [0.15, 0.2) is 0 Å². The van der Waals surface area contributed by atoms with Gasteiger partial charge in [0.25, 0.3) is 5.91 Å². The molecule has 30 heavy (non-hydrogen) atoms. The van der Waals surface area contributed by atoms with E-state index in [9.17, 15) is 9.18 Å². The van der Waals surface area contributed by atoms with E-state index in [1.807, 2.05) is 24.3 Å². The third-order valence-corrected chi connectivity index (χ3v) is 5.42. The van der Waals surface area contributed by atoms with Gasteiger partial charge < -0.3 is 15.8 Å². The van der Waals surface area contributed by atoms with Crippen LogP contribution in [-0.4, -0.2) is 17.4 Å². The van der Waals surface area contributed by atoms with Gasteiger partial charge in [-0.05, 0) is 79.3 Å². The first kappa shape index (κ1) is 20.0. The Hall–Kier alpha value is -3.25. The van der Waals surface area contributed by atoms with E-state index in [4.69, 9.17) is 10.5 Å². The number of nitrogens with two attached hydrogens (primary N) is 1. The van der Waals surface area contributed by atoms with E-state index >= 15 is 0 Å². The number of amides is 1. The number of hydrogen-bond donors (Lipinski definition) is 2. The largest absolute Gasteiger partial charge is 0.456 e. The number of benzene rings is 2. The summed E-state index contributed by atoms with van der Waals surface area (Å²) in [4.78, 5) is 15.5. The van der Waals surface area contributed by atoms with Gasteiger partial charge in [0.2, 0.25) is 0 Å². The minimum atomic E-state index is -0.568. The van der Waals surface area contributed by atoms with Crippen molar-refractivity contribution in [1.82, 2.24) is 10.3 Å². The minimum Gasteiger partial charge on any atom is -0.456 e. The van der Waals surface area contributed by atoms with Crippen LogP contribution in [0.2, 0.25) is 0 Å². The molecule has 1 atom stereocenters. The number of aryl methyl sites for hydroxylation is 1. The number of nitrogens with one attached hydrogen (secondary N) is 1. The van der Waals surface area contributed by atoms with Gasteiger partial charge >= 0.3 is 0 Å². The number of rotatable bonds is 7. The Morgan fingerprint density at radius 2 is 2.03 bits per heavy atom. The monoisotopic (exact) mass is 405 g/mol. The van der Waals surface area contributed by atoms with Crippen molar-refractivity contribution in [3.63, 3.8) is 0 Å². The van der Waals surface area contributed by atoms with Crippen LogP contribution in [-0.2, 0) is 12.8 Å². The molecular formula is C24H24FN3O2. The Morgan fingerprint density at radius 1 is 1.20 bits per heavy atom. The molecule has 0 spiro atoms. The van der Waals surface area contributed by atoms with E-state index in [1.54, 1.807) is 12.3 Å². The van der Waals surface area contributed by atoms with Crippen molar-refractivity contribution in [3.05, 3.63) is 89.0 Å². The highest BCUT2D eigenvalue weighted by Crippen LogP contribution is 2.34. The summed E-state index contributed by atoms with van der Waals surface area (Å²) in [6, 6.07) is 14.6. The smallest absolute Gasteiger partial charge is 0.254 e. The summed E-state index contributed by atoms with van der Waals surface area (Å²) in [5.74, 6) is 0.304. The first-order valence-corrected chi connectivity index (χ1v) is 10.1. The molecule has 5 nitrogen and oxygen atoms in total. The van der Waals surface area contributed by atoms with E-state index in [-0.39, 0.29) is 17.4 Å². The summed E-state index contributed by atoms with van der Waals surface area (Å²) in [5.41, 5.74) is 9.30. The molecule has 3 N–H and O–H groups in total. The minimum absolute atomic E-state index is 0.208. The maximum Gasteiger partial charge on any atom is 0.254 e. The van der Waals surface area contributed by atoms with Crippen LogP contribution in [0, 0.1) is 5.82 Å². The number of pyridine rings is 1. The SMILES string of the molecule is NC(=O)c1cnccc1Oc1ccc2c(c1)CCCC2NCCc1ccc(F)cc1. The molecule has 2 aromatic carbocycles. The molecule has 0 bridgehead atoms. The lowest BCUT2D eigenvalue weighted by Crippen LogP contribution is -2.27. The van der Waals surface area contributed by atoms with Crippen molar-refractivity contribution in [2.75, 3.05) is 6.54 Å². The molecule has 1 aliphatic rings. The number of fused-ring (bicyclic) bond motifs is 1. The van der Waals surface area contributed by atoms with Crippen LogP contribution in [0.15, 0.2) is 60.9 Å². The van der Waals surface area contributed by atoms with Gasteiger partial charge in [-0.3, -0.25) is 9.78 Å². The highest BCUT2D eigenvalue weighted by Gasteiger charge is 2.20. The zero-order valence-corrected chi connectivity index (χ0v) is 16.6. The van der Waals surface area contributed by atoms with E-state index in [1.165, 1.54) is 29.5 Å². The summed E-state index contributed by atoms with van der Waals surface area (Å²) in [5, 5.41) is 3.63. The average Bonchev–Trinajstić information content (AvgIpc) is 2.75. The quantitative estimate of drug-likeness (QED) is 0.614. The van der Waals surface area contributed by atoms with Gasteiger partial charge in [-0.2, -0.15) is 0 Å². The Balaban J connectivity index is 1.43. The lowest BCUT2D eigenvalue weighted by atomic mass is 9.87. The van der Waals surface area contributed by atoms with E-state index < -0.39 is 5.91 Å². The van der Waals surface area contributed by atoms with E-state index in [0.29, 0.717) is 11.5 Å². The van der Waals surface area contributed by atoms with Crippen LogP contribution in [0.5, 0.6) is 11.5 Å². The summed E-state index contributed by atoms with van der Waals surface area (Å²) in [6.45, 7) is 0.826. The van der Waals surface area contributed by atoms with Crippen LogP contribution < -0.4 is 15.8 Å². The number of carbonyl (C=O) groups excluding carboxylic acids is 1. The maximum absolute atomic E-state index is 13.0. The van der Waals surface area contributed by atoms with Gasteiger partial charge in [0.1, 0.15) is 22.9 Å². The third kappa shape index (κ3) is 4.66. The first-order chi connectivity index (χ1) is 14.6. The molecule has 1 amide bonds. The standard InChI is InChI=1S/C24H24FN3O2/c25-18-6-4-16(5-7-18)10-13-28-22-3-1-2-17-14-19(8-9-20(17)22)30-23-11-12-27-15-21(23)24(26)29/h4-9,11-12,14-15,22,28H,1-3,10,13H2,(H2,26,29). The van der Waals surface area contributed by atoms with Crippen molar-refractivity contribution in [2.45, 2.75) is 31.7 Å². The summed E-state index contributed by atoms with van der Waals surface area (Å²) < 4.78 is 19.0. The number of nitrogens with zero attached hydrogens (tertiary/aromatic N) is 1. The lowest BCUT2D eigenvalue weighted by Gasteiger charge is -2.27. The normalized spacial score (nSPS) is 15.4. The lowest BCUT2D eigenvalue weighted by molar-refractivity contribution is 0.0997. The maximum atomic E-state index is 13.0. The van der Waals surface area contributed by atoms with Gasteiger partial charge in [0, 0.05) is 18.4 Å². The summed E-state index contributed by atoms with van der Waals surface area (Å²) in [7, 11) is 0. The molecule has 6 heteroatoms. The summed E-state index contributed by atoms with van der Waals surface area (Å²) >= 11 is 0. The second kappa shape index (κ2) is 9.05. The Morgan fingerprint density at radius 3 is 2.83 bits per heavy atom. The zero-order chi connectivity index (χ0) is 20.9. The summed E-state index contributed by atoms with van der Waals surface area (Å²) in [6.07, 6.45) is 6.99. The number of halogens is 1. The first-order valence-electron chi connectivity index (χ1n) is 10.1. The van der Waals surface area contributed by atoms with Crippen LogP contribution in [0.4, 0.5) is 4.39 Å². The van der Waals surface area contributed by atoms with Gasteiger partial charge in [-0.1, -0.05) is 18.2 Å². The number of hydrogen-bond acceptors (Lipinski definition) is 4. The van der Waals surface area contributed by atoms with E-state index in [2.05, 4.69) is 16.4 Å². The van der Waals surface area contributed by atoms with Crippen molar-refractivity contribution >= 4 is 5.91 Å². The molecule has 1 aliphatic carbocycles. The van der Waals surface area contributed by atoms with Crippen LogP contribution in [0.1, 0.15) is 45.9 Å². The van der Waals surface area contributed by atoms with Crippen LogP contribution in [0.25, 0.3) is 0 Å². The van der Waals surface area contributed by atoms with Crippen molar-refractivity contribution in [3.8, 4) is 11.5 Å². The Kier molecular flexibility index (Phi) is 6.05. The van der Waals surface area contributed by atoms with Gasteiger partial charge in [0.05, 0.1) is 0 Å². The number of primary amides is 1. The number of ether oxygens (including phenoxy) is 1. The van der Waals surface area contributed by atoms with E-state index in [0.717, 1.165) is 37.8 Å². The second-order valence-corrected chi connectivity index (χ2v) is 7.47. The number of carbonyl (C=O) groups is 1. The molecule has 1 aromatic heterocycles. The van der Waals surface area contributed by atoms with Crippen molar-refractivity contribution in [1.29, 1.82) is 0 Å². The predicted molar refractivity (Wildman–Crippen MR) is 113 cm³/mol. The Labute approximate surface area is 175 Å². The molecule has 0 radical (unpaired) electrons. The molecule has 154 valence electrons. The highest BCUT2D eigenvalue weighted by molar-refractivity contribution is 5.95. The highest BCUT2D eigenvalue weighted by atomic mass is 19.1. The fourth-order valence-corrected chi connectivity index (χ4v) is 3.89. The number of aromatic nitrogens is 1. The van der Waals surface area contributed by atoms with Gasteiger partial charge in [-0.25, -0.2) is 4.39 Å².